The molecule has 1 aliphatic heterocycles. The fourth-order valence-corrected chi connectivity index (χ4v) is 4.37. The van der Waals surface area contributed by atoms with Gasteiger partial charge >= 0.3 is 0 Å². The summed E-state index contributed by atoms with van der Waals surface area (Å²) in [4.78, 5) is 0. The van der Waals surface area contributed by atoms with Crippen LogP contribution in [-0.4, -0.2) is 13.2 Å². The first-order chi connectivity index (χ1) is 9.68. The number of hydrogen-bond donors (Lipinski definition) is 1. The molecule has 0 amide bonds. The summed E-state index contributed by atoms with van der Waals surface area (Å²) in [5.74, 6) is 1.09. The topological polar surface area (TPSA) is 21.3 Å². The predicted molar refractivity (Wildman–Crippen MR) is 83.2 cm³/mol. The van der Waals surface area contributed by atoms with Crippen LogP contribution < -0.4 is 10.1 Å². The van der Waals surface area contributed by atoms with E-state index in [-0.39, 0.29) is 0 Å². The summed E-state index contributed by atoms with van der Waals surface area (Å²) in [6.07, 6.45) is 8.15. The lowest BCUT2D eigenvalue weighted by Crippen LogP contribution is -2.34. The van der Waals surface area contributed by atoms with E-state index >= 15 is 0 Å². The second-order valence-electron chi connectivity index (χ2n) is 6.64. The van der Waals surface area contributed by atoms with E-state index < -0.39 is 0 Å². The first-order valence-corrected chi connectivity index (χ1v) is 8.15. The van der Waals surface area contributed by atoms with Crippen molar-refractivity contribution in [2.45, 2.75) is 64.5 Å². The minimum absolute atomic E-state index is 0.333. The Morgan fingerprint density at radius 3 is 2.75 bits per heavy atom. The molecule has 1 N–H and O–H groups in total. The molecule has 1 aromatic rings. The molecule has 2 unspecified atom stereocenters. The van der Waals surface area contributed by atoms with Gasteiger partial charge in [-0.1, -0.05) is 31.9 Å². The number of hydrogen-bond acceptors (Lipinski definition) is 2. The predicted octanol–water partition coefficient (Wildman–Crippen LogP) is 4.24. The summed E-state index contributed by atoms with van der Waals surface area (Å²) in [7, 11) is 2.12. The summed E-state index contributed by atoms with van der Waals surface area (Å²) in [5.41, 5.74) is 3.29. The monoisotopic (exact) mass is 273 g/mol. The zero-order chi connectivity index (χ0) is 14.2. The van der Waals surface area contributed by atoms with Crippen molar-refractivity contribution < 1.29 is 4.74 Å². The number of benzene rings is 1. The molecule has 0 saturated heterocycles. The molecule has 0 spiro atoms. The average molecular weight is 273 g/mol. The van der Waals surface area contributed by atoms with Gasteiger partial charge in [0.25, 0.3) is 0 Å². The van der Waals surface area contributed by atoms with Gasteiger partial charge in [-0.25, -0.2) is 0 Å². The summed E-state index contributed by atoms with van der Waals surface area (Å²) < 4.78 is 5.83. The van der Waals surface area contributed by atoms with Gasteiger partial charge in [-0.2, -0.15) is 0 Å². The lowest BCUT2D eigenvalue weighted by molar-refractivity contribution is 0.195. The van der Waals surface area contributed by atoms with Crippen LogP contribution in [0.2, 0.25) is 0 Å². The van der Waals surface area contributed by atoms with E-state index in [4.69, 9.17) is 4.74 Å². The molecule has 110 valence electrons. The zero-order valence-corrected chi connectivity index (χ0v) is 13.0. The molecule has 2 heteroatoms. The van der Waals surface area contributed by atoms with Crippen LogP contribution in [0.5, 0.6) is 5.75 Å². The van der Waals surface area contributed by atoms with Crippen LogP contribution in [0.4, 0.5) is 0 Å². The second-order valence-corrected chi connectivity index (χ2v) is 6.64. The molecule has 0 radical (unpaired) electrons. The van der Waals surface area contributed by atoms with Crippen molar-refractivity contribution in [2.75, 3.05) is 7.05 Å². The minimum Gasteiger partial charge on any atom is -0.490 e. The maximum atomic E-state index is 5.83. The maximum Gasteiger partial charge on any atom is 0.123 e. The first kappa shape index (κ1) is 13.9. The molecule has 1 heterocycles. The summed E-state index contributed by atoms with van der Waals surface area (Å²) in [5, 5.41) is 3.61. The van der Waals surface area contributed by atoms with Crippen molar-refractivity contribution in [1.82, 2.24) is 5.32 Å². The average Bonchev–Trinajstić information content (AvgIpc) is 3.05. The fraction of sp³-hybridized carbons (Fsp3) is 0.667. The Labute approximate surface area is 122 Å². The van der Waals surface area contributed by atoms with Gasteiger partial charge in [0.1, 0.15) is 11.9 Å². The van der Waals surface area contributed by atoms with Gasteiger partial charge in [0.15, 0.2) is 0 Å². The standard InChI is InChI=1S/C18H27NO/c1-4-18(9-5-6-10-18)17(19-3)14-7-8-16-15(12-14)11-13(2)20-16/h7-8,12-13,17,19H,4-6,9-11H2,1-3H3. The lowest BCUT2D eigenvalue weighted by atomic mass is 9.73. The third-order valence-electron chi connectivity index (χ3n) is 5.46. The molecule has 1 aliphatic carbocycles. The summed E-state index contributed by atoms with van der Waals surface area (Å²) in [6.45, 7) is 4.51. The Hall–Kier alpha value is -1.02. The number of ether oxygens (including phenoxy) is 1. The maximum absolute atomic E-state index is 5.83. The highest BCUT2D eigenvalue weighted by Gasteiger charge is 2.40. The third kappa shape index (κ3) is 2.24. The van der Waals surface area contributed by atoms with E-state index in [1.54, 1.807) is 0 Å². The quantitative estimate of drug-likeness (QED) is 0.886. The Balaban J connectivity index is 1.92. The van der Waals surface area contributed by atoms with Gasteiger partial charge in [-0.15, -0.1) is 0 Å². The van der Waals surface area contributed by atoms with Crippen LogP contribution in [0, 0.1) is 5.41 Å². The minimum atomic E-state index is 0.333. The van der Waals surface area contributed by atoms with Crippen LogP contribution in [-0.2, 0) is 6.42 Å². The van der Waals surface area contributed by atoms with E-state index in [1.165, 1.54) is 43.2 Å². The van der Waals surface area contributed by atoms with Gasteiger partial charge in [-0.05, 0) is 55.8 Å². The van der Waals surface area contributed by atoms with E-state index in [2.05, 4.69) is 44.4 Å². The van der Waals surface area contributed by atoms with Crippen LogP contribution in [0.1, 0.15) is 63.1 Å². The molecule has 1 aromatic carbocycles. The smallest absolute Gasteiger partial charge is 0.123 e. The van der Waals surface area contributed by atoms with Crippen molar-refractivity contribution in [3.05, 3.63) is 29.3 Å². The number of nitrogens with one attached hydrogen (secondary N) is 1. The Morgan fingerprint density at radius 1 is 1.35 bits per heavy atom. The van der Waals surface area contributed by atoms with Crippen LogP contribution >= 0.6 is 0 Å². The van der Waals surface area contributed by atoms with Gasteiger partial charge in [0.2, 0.25) is 0 Å². The second kappa shape index (κ2) is 5.40. The third-order valence-corrected chi connectivity index (χ3v) is 5.46. The molecule has 0 bridgehead atoms. The largest absolute Gasteiger partial charge is 0.490 e. The van der Waals surface area contributed by atoms with Crippen LogP contribution in [0.15, 0.2) is 18.2 Å². The highest BCUT2D eigenvalue weighted by Crippen LogP contribution is 2.50. The lowest BCUT2D eigenvalue weighted by Gasteiger charge is -2.37. The van der Waals surface area contributed by atoms with Crippen molar-refractivity contribution in [1.29, 1.82) is 0 Å². The molecular formula is C18H27NO. The highest BCUT2D eigenvalue weighted by molar-refractivity contribution is 5.42. The molecule has 0 aromatic heterocycles. The normalized spacial score (nSPS) is 25.2. The summed E-state index contributed by atoms with van der Waals surface area (Å²) >= 11 is 0. The van der Waals surface area contributed by atoms with Gasteiger partial charge in [0, 0.05) is 12.5 Å². The first-order valence-electron chi connectivity index (χ1n) is 8.15. The van der Waals surface area contributed by atoms with Crippen molar-refractivity contribution >= 4 is 0 Å². The van der Waals surface area contributed by atoms with E-state index in [9.17, 15) is 0 Å². The Kier molecular flexibility index (Phi) is 3.76. The van der Waals surface area contributed by atoms with Crippen LogP contribution in [0.3, 0.4) is 0 Å². The molecule has 20 heavy (non-hydrogen) atoms. The van der Waals surface area contributed by atoms with E-state index in [0.717, 1.165) is 12.2 Å². The molecule has 3 rings (SSSR count). The van der Waals surface area contributed by atoms with Gasteiger partial charge in [-0.3, -0.25) is 0 Å². The highest BCUT2D eigenvalue weighted by atomic mass is 16.5. The van der Waals surface area contributed by atoms with E-state index in [0.29, 0.717) is 17.6 Å². The molecule has 1 fully saturated rings. The molecule has 1 saturated carbocycles. The SMILES string of the molecule is CCC1(C(NC)c2ccc3c(c2)CC(C)O3)CCCC1. The fourth-order valence-electron chi connectivity index (χ4n) is 4.37. The zero-order valence-electron chi connectivity index (χ0n) is 13.0. The number of fused-ring (bicyclic) bond motifs is 1. The van der Waals surface area contributed by atoms with Crippen LogP contribution in [0.25, 0.3) is 0 Å². The van der Waals surface area contributed by atoms with Gasteiger partial charge < -0.3 is 10.1 Å². The van der Waals surface area contributed by atoms with Crippen molar-refractivity contribution in [3.8, 4) is 5.75 Å². The molecule has 2 nitrogen and oxygen atoms in total. The Bertz CT molecular complexity index is 476. The number of rotatable bonds is 4. The van der Waals surface area contributed by atoms with Crippen molar-refractivity contribution in [2.24, 2.45) is 5.41 Å². The molecular weight excluding hydrogens is 246 g/mol. The van der Waals surface area contributed by atoms with E-state index in [1.807, 2.05) is 0 Å². The summed E-state index contributed by atoms with van der Waals surface area (Å²) in [6, 6.07) is 7.32. The molecule has 2 atom stereocenters. The Morgan fingerprint density at radius 2 is 2.10 bits per heavy atom. The van der Waals surface area contributed by atoms with Gasteiger partial charge in [0.05, 0.1) is 0 Å². The molecule has 2 aliphatic rings. The van der Waals surface area contributed by atoms with Crippen molar-refractivity contribution in [3.63, 3.8) is 0 Å².